The standard InChI is InChI=1S/C49H81N2O6P/c1-6-8-10-12-14-16-17-18-19-20-21-22-23-24-25-26-27-28-29-30-31-32-33-35-37-39-41-43-49(53)50-47(46-57-58(54,55)56-45-44-51(3,4)5)48(52)42-40-38-36-34-15-13-11-9-7-2/h7-10,14-16,18-19,21-22,24-25,27-28,30-31,34,40,42,47-48,52H,6,11-13,17,20,23,26,29,32-33,35-39,41,43-46H2,1-5H3,(H-,50,53,54,55)/b9-7+,10-8-,16-14-,19-18-,22-21-,25-24-,28-27-,31-30-,34-15+,42-40+. The van der Waals surface area contributed by atoms with Crippen molar-refractivity contribution in [2.75, 3.05) is 40.9 Å². The highest BCUT2D eigenvalue weighted by molar-refractivity contribution is 7.45. The van der Waals surface area contributed by atoms with Crippen molar-refractivity contribution >= 4 is 13.7 Å². The molecule has 0 bridgehead atoms. The summed E-state index contributed by atoms with van der Waals surface area (Å²) in [5, 5.41) is 13.6. The average Bonchev–Trinajstić information content (AvgIpc) is 3.17. The quantitative estimate of drug-likeness (QED) is 0.0280. The number of carbonyl (C=O) groups is 1. The van der Waals surface area contributed by atoms with Gasteiger partial charge in [-0.3, -0.25) is 9.36 Å². The first-order valence-electron chi connectivity index (χ1n) is 21.9. The molecule has 58 heavy (non-hydrogen) atoms. The molecule has 8 nitrogen and oxygen atoms in total. The van der Waals surface area contributed by atoms with E-state index in [1.165, 1.54) is 0 Å². The normalized spacial score (nSPS) is 15.5. The lowest BCUT2D eigenvalue weighted by atomic mass is 10.1. The third-order valence-electron chi connectivity index (χ3n) is 8.73. The lowest BCUT2D eigenvalue weighted by Gasteiger charge is -2.29. The molecule has 0 spiro atoms. The topological polar surface area (TPSA) is 108 Å². The number of hydrogen-bond donors (Lipinski definition) is 2. The maximum Gasteiger partial charge on any atom is 0.268 e. The summed E-state index contributed by atoms with van der Waals surface area (Å²) in [7, 11) is 1.19. The van der Waals surface area contributed by atoms with E-state index in [-0.39, 0.29) is 12.5 Å². The highest BCUT2D eigenvalue weighted by atomic mass is 31.2. The van der Waals surface area contributed by atoms with E-state index >= 15 is 0 Å². The van der Waals surface area contributed by atoms with Crippen LogP contribution >= 0.6 is 7.82 Å². The number of likely N-dealkylation sites (N-methyl/N-ethyl adjacent to an activating group) is 1. The number of phosphoric acid groups is 1. The predicted octanol–water partition coefficient (Wildman–Crippen LogP) is 11.7. The summed E-state index contributed by atoms with van der Waals surface area (Å²) in [5.74, 6) is -0.242. The van der Waals surface area contributed by atoms with Crippen molar-refractivity contribution < 1.29 is 32.9 Å². The lowest BCUT2D eigenvalue weighted by molar-refractivity contribution is -0.870. The minimum Gasteiger partial charge on any atom is -0.756 e. The van der Waals surface area contributed by atoms with E-state index in [4.69, 9.17) is 9.05 Å². The molecule has 0 fully saturated rings. The van der Waals surface area contributed by atoms with Crippen LogP contribution in [0.15, 0.2) is 122 Å². The molecule has 0 aromatic carbocycles. The lowest BCUT2D eigenvalue weighted by Crippen LogP contribution is -2.45. The van der Waals surface area contributed by atoms with Gasteiger partial charge in [0.15, 0.2) is 0 Å². The largest absolute Gasteiger partial charge is 0.756 e. The van der Waals surface area contributed by atoms with E-state index in [2.05, 4.69) is 116 Å². The van der Waals surface area contributed by atoms with Gasteiger partial charge >= 0.3 is 0 Å². The number of phosphoric ester groups is 1. The summed E-state index contributed by atoms with van der Waals surface area (Å²) in [6.07, 6.45) is 58.5. The van der Waals surface area contributed by atoms with Crippen LogP contribution in [0.5, 0.6) is 0 Å². The van der Waals surface area contributed by atoms with Gasteiger partial charge in [0, 0.05) is 6.42 Å². The van der Waals surface area contributed by atoms with Crippen LogP contribution in [0.4, 0.5) is 0 Å². The van der Waals surface area contributed by atoms with Crippen LogP contribution < -0.4 is 10.2 Å². The number of nitrogens with zero attached hydrogens (tertiary/aromatic N) is 1. The van der Waals surface area contributed by atoms with E-state index in [9.17, 15) is 19.4 Å². The molecule has 328 valence electrons. The number of aliphatic hydroxyl groups excluding tert-OH is 1. The molecule has 3 unspecified atom stereocenters. The van der Waals surface area contributed by atoms with Crippen LogP contribution in [-0.2, 0) is 18.4 Å². The zero-order chi connectivity index (χ0) is 42.8. The number of unbranched alkanes of at least 4 members (excludes halogenated alkanes) is 7. The Morgan fingerprint density at radius 3 is 1.60 bits per heavy atom. The molecule has 2 N–H and O–H groups in total. The van der Waals surface area contributed by atoms with Gasteiger partial charge in [-0.25, -0.2) is 0 Å². The van der Waals surface area contributed by atoms with E-state index in [0.717, 1.165) is 103 Å². The number of aliphatic hydroxyl groups is 1. The highest BCUT2D eigenvalue weighted by Gasteiger charge is 2.23. The van der Waals surface area contributed by atoms with Crippen LogP contribution in [-0.4, -0.2) is 68.5 Å². The maximum atomic E-state index is 12.8. The number of hydrogen-bond acceptors (Lipinski definition) is 6. The highest BCUT2D eigenvalue weighted by Crippen LogP contribution is 2.38. The van der Waals surface area contributed by atoms with Crippen LogP contribution in [0.1, 0.15) is 129 Å². The Labute approximate surface area is 354 Å². The van der Waals surface area contributed by atoms with Crippen molar-refractivity contribution in [3.05, 3.63) is 122 Å². The van der Waals surface area contributed by atoms with Crippen molar-refractivity contribution in [3.63, 3.8) is 0 Å². The number of rotatable bonds is 37. The molecule has 0 aliphatic carbocycles. The number of quaternary nitrogens is 1. The fraction of sp³-hybridized carbons (Fsp3) is 0.571. The van der Waals surface area contributed by atoms with Gasteiger partial charge in [0.25, 0.3) is 7.82 Å². The first-order valence-corrected chi connectivity index (χ1v) is 23.3. The van der Waals surface area contributed by atoms with Gasteiger partial charge in [0.2, 0.25) is 5.91 Å². The Bertz CT molecular complexity index is 1350. The molecular formula is C49H81N2O6P. The number of carbonyl (C=O) groups excluding carboxylic acids is 1. The molecule has 3 atom stereocenters. The van der Waals surface area contributed by atoms with Crippen molar-refractivity contribution in [1.82, 2.24) is 5.32 Å². The van der Waals surface area contributed by atoms with E-state index in [1.54, 1.807) is 6.08 Å². The summed E-state index contributed by atoms with van der Waals surface area (Å²) in [5.41, 5.74) is 0. The minimum atomic E-state index is -4.61. The van der Waals surface area contributed by atoms with Crippen molar-refractivity contribution in [2.45, 2.75) is 142 Å². The number of amides is 1. The van der Waals surface area contributed by atoms with Gasteiger partial charge in [-0.15, -0.1) is 0 Å². The molecule has 0 radical (unpaired) electrons. The Kier molecular flexibility index (Phi) is 37.3. The van der Waals surface area contributed by atoms with E-state index < -0.39 is 26.6 Å². The molecule has 0 saturated carbocycles. The average molecular weight is 825 g/mol. The molecule has 0 aromatic heterocycles. The molecule has 0 aromatic rings. The molecule has 9 heteroatoms. The zero-order valence-corrected chi connectivity index (χ0v) is 37.8. The van der Waals surface area contributed by atoms with Crippen molar-refractivity contribution in [1.29, 1.82) is 0 Å². The SMILES string of the molecule is C/C=C/CC/C=C/CC/C=C/C(O)C(COP(=O)([O-])OCC[N+](C)(C)C)NC(=O)CCCCCCC/C=C\C/C=C\C/C=C\C/C=C\C/C=C\C/C=C\C/C=C\CC. The van der Waals surface area contributed by atoms with E-state index in [1.807, 2.05) is 40.2 Å². The Hall–Kier alpha value is -3.10. The summed E-state index contributed by atoms with van der Waals surface area (Å²) in [6, 6.07) is -0.927. The van der Waals surface area contributed by atoms with Gasteiger partial charge in [0.05, 0.1) is 39.9 Å². The Morgan fingerprint density at radius 1 is 0.638 bits per heavy atom. The number of allylic oxidation sites excluding steroid dienone is 19. The van der Waals surface area contributed by atoms with Gasteiger partial charge in [-0.05, 0) is 96.8 Å². The molecular weight excluding hydrogens is 744 g/mol. The smallest absolute Gasteiger partial charge is 0.268 e. The zero-order valence-electron chi connectivity index (χ0n) is 36.9. The third kappa shape index (κ3) is 41.1. The fourth-order valence-electron chi connectivity index (χ4n) is 5.29. The molecule has 0 aliphatic rings. The predicted molar refractivity (Wildman–Crippen MR) is 246 cm³/mol. The van der Waals surface area contributed by atoms with Crippen LogP contribution in [0, 0.1) is 0 Å². The van der Waals surface area contributed by atoms with Gasteiger partial charge < -0.3 is 28.8 Å². The minimum absolute atomic E-state index is 0.0212. The first-order chi connectivity index (χ1) is 28.0. The summed E-state index contributed by atoms with van der Waals surface area (Å²) in [4.78, 5) is 25.2. The Balaban J connectivity index is 4.34. The number of nitrogens with one attached hydrogen (secondary N) is 1. The molecule has 1 amide bonds. The summed E-state index contributed by atoms with van der Waals surface area (Å²) < 4.78 is 23.1. The van der Waals surface area contributed by atoms with Crippen molar-refractivity contribution in [3.8, 4) is 0 Å². The van der Waals surface area contributed by atoms with E-state index in [0.29, 0.717) is 23.9 Å². The second-order valence-electron chi connectivity index (χ2n) is 15.3. The molecule has 0 heterocycles. The van der Waals surface area contributed by atoms with Crippen LogP contribution in [0.25, 0.3) is 0 Å². The second kappa shape index (κ2) is 39.4. The third-order valence-corrected chi connectivity index (χ3v) is 9.69. The monoisotopic (exact) mass is 825 g/mol. The van der Waals surface area contributed by atoms with Gasteiger partial charge in [-0.1, -0.05) is 148 Å². The van der Waals surface area contributed by atoms with Crippen molar-refractivity contribution in [2.24, 2.45) is 0 Å². The fourth-order valence-corrected chi connectivity index (χ4v) is 6.01. The van der Waals surface area contributed by atoms with Gasteiger partial charge in [-0.2, -0.15) is 0 Å². The second-order valence-corrected chi connectivity index (χ2v) is 16.7. The summed E-state index contributed by atoms with van der Waals surface area (Å²) >= 11 is 0. The first kappa shape index (κ1) is 54.9. The molecule has 0 saturated heterocycles. The summed E-state index contributed by atoms with van der Waals surface area (Å²) in [6.45, 7) is 4.20. The Morgan fingerprint density at radius 2 is 1.09 bits per heavy atom. The van der Waals surface area contributed by atoms with Crippen LogP contribution in [0.3, 0.4) is 0 Å². The van der Waals surface area contributed by atoms with Crippen LogP contribution in [0.2, 0.25) is 0 Å². The van der Waals surface area contributed by atoms with Gasteiger partial charge in [0.1, 0.15) is 13.2 Å². The molecule has 0 aliphatic heterocycles. The maximum absolute atomic E-state index is 12.8. The molecule has 0 rings (SSSR count).